The quantitative estimate of drug-likeness (QED) is 0.813. The molecule has 3 heteroatoms. The van der Waals surface area contributed by atoms with E-state index in [0.717, 1.165) is 42.0 Å². The highest BCUT2D eigenvalue weighted by Gasteiger charge is 2.30. The third-order valence-corrected chi connectivity index (χ3v) is 4.06. The van der Waals surface area contributed by atoms with Crippen molar-refractivity contribution in [3.05, 3.63) is 59.7 Å². The number of rotatable bonds is 6. The van der Waals surface area contributed by atoms with Crippen LogP contribution in [-0.4, -0.2) is 12.5 Å². The van der Waals surface area contributed by atoms with Crippen molar-refractivity contribution in [2.24, 2.45) is 0 Å². The monoisotopic (exact) mass is 295 g/mol. The predicted octanol–water partition coefficient (Wildman–Crippen LogP) is 4.14. The van der Waals surface area contributed by atoms with Crippen LogP contribution in [0.4, 0.5) is 5.69 Å². The number of carbonyl (C=O) groups excluding carboxylic acids is 1. The molecule has 0 fully saturated rings. The molecule has 2 aromatic rings. The minimum atomic E-state index is -0.132. The van der Waals surface area contributed by atoms with Gasteiger partial charge < -0.3 is 10.1 Å². The van der Waals surface area contributed by atoms with Crippen LogP contribution in [0.1, 0.15) is 36.8 Å². The van der Waals surface area contributed by atoms with Gasteiger partial charge in [-0.05, 0) is 36.1 Å². The molecule has 1 aliphatic rings. The van der Waals surface area contributed by atoms with Gasteiger partial charge >= 0.3 is 0 Å². The second-order valence-electron chi connectivity index (χ2n) is 5.64. The van der Waals surface area contributed by atoms with Gasteiger partial charge in [0.15, 0.2) is 0 Å². The van der Waals surface area contributed by atoms with Crippen molar-refractivity contribution < 1.29 is 9.53 Å². The maximum atomic E-state index is 12.3. The van der Waals surface area contributed by atoms with Gasteiger partial charge in [0.05, 0.1) is 12.5 Å². The lowest BCUT2D eigenvalue weighted by Crippen LogP contribution is -2.15. The Morgan fingerprint density at radius 2 is 1.86 bits per heavy atom. The van der Waals surface area contributed by atoms with Crippen LogP contribution < -0.4 is 10.1 Å². The largest absolute Gasteiger partial charge is 0.493 e. The first-order chi connectivity index (χ1) is 10.8. The smallest absolute Gasteiger partial charge is 0.232 e. The van der Waals surface area contributed by atoms with Crippen LogP contribution >= 0.6 is 0 Å². The topological polar surface area (TPSA) is 38.3 Å². The Labute approximate surface area is 131 Å². The average Bonchev–Trinajstić information content (AvgIpc) is 2.85. The van der Waals surface area contributed by atoms with Crippen molar-refractivity contribution in [3.8, 4) is 5.75 Å². The van der Waals surface area contributed by atoms with Crippen LogP contribution in [0.2, 0.25) is 0 Å². The van der Waals surface area contributed by atoms with Crippen molar-refractivity contribution in [1.82, 2.24) is 0 Å². The molecule has 114 valence electrons. The van der Waals surface area contributed by atoms with Gasteiger partial charge in [-0.2, -0.15) is 0 Å². The second-order valence-corrected chi connectivity index (χ2v) is 5.64. The molecule has 1 heterocycles. The van der Waals surface area contributed by atoms with Crippen molar-refractivity contribution in [2.45, 2.75) is 32.1 Å². The Morgan fingerprint density at radius 1 is 1.09 bits per heavy atom. The molecule has 0 bridgehead atoms. The summed E-state index contributed by atoms with van der Waals surface area (Å²) in [7, 11) is 0. The minimum Gasteiger partial charge on any atom is -0.493 e. The van der Waals surface area contributed by atoms with Gasteiger partial charge in [-0.15, -0.1) is 0 Å². The number of nitrogens with one attached hydrogen (secondary N) is 1. The van der Waals surface area contributed by atoms with E-state index in [4.69, 9.17) is 4.74 Å². The lowest BCUT2D eigenvalue weighted by Gasteiger charge is -2.14. The molecule has 1 N–H and O–H groups in total. The van der Waals surface area contributed by atoms with Crippen LogP contribution in [0, 0.1) is 0 Å². The highest BCUT2D eigenvalue weighted by atomic mass is 16.5. The summed E-state index contributed by atoms with van der Waals surface area (Å²) < 4.78 is 5.88. The van der Waals surface area contributed by atoms with E-state index in [-0.39, 0.29) is 11.8 Å². The Bertz CT molecular complexity index is 666. The third-order valence-electron chi connectivity index (χ3n) is 4.06. The molecule has 0 unspecified atom stereocenters. The summed E-state index contributed by atoms with van der Waals surface area (Å²) in [6, 6.07) is 15.9. The van der Waals surface area contributed by atoms with Gasteiger partial charge in [-0.25, -0.2) is 0 Å². The zero-order chi connectivity index (χ0) is 15.4. The van der Waals surface area contributed by atoms with Crippen LogP contribution in [0.5, 0.6) is 5.75 Å². The second kappa shape index (κ2) is 6.65. The fourth-order valence-electron chi connectivity index (χ4n) is 2.84. The number of benzene rings is 2. The molecule has 0 aromatic heterocycles. The Hall–Kier alpha value is -2.29. The minimum absolute atomic E-state index is 0.0737. The Morgan fingerprint density at radius 3 is 2.73 bits per heavy atom. The molecule has 0 saturated carbocycles. The Kier molecular flexibility index (Phi) is 4.42. The van der Waals surface area contributed by atoms with E-state index in [2.05, 4.69) is 18.3 Å². The number of amides is 1. The molecule has 22 heavy (non-hydrogen) atoms. The van der Waals surface area contributed by atoms with Gasteiger partial charge in [0.25, 0.3) is 0 Å². The maximum absolute atomic E-state index is 12.3. The molecular weight excluding hydrogens is 274 g/mol. The number of unbranched alkanes of at least 4 members (excludes halogenated alkanes) is 1. The van der Waals surface area contributed by atoms with E-state index in [1.807, 2.05) is 42.5 Å². The lowest BCUT2D eigenvalue weighted by molar-refractivity contribution is -0.117. The lowest BCUT2D eigenvalue weighted by atomic mass is 9.93. The van der Waals surface area contributed by atoms with E-state index < -0.39 is 0 Å². The normalized spacial score (nSPS) is 16.2. The molecule has 1 amide bonds. The molecule has 0 radical (unpaired) electrons. The van der Waals surface area contributed by atoms with Crippen molar-refractivity contribution >= 4 is 11.6 Å². The van der Waals surface area contributed by atoms with Crippen LogP contribution in [0.15, 0.2) is 48.5 Å². The fourth-order valence-corrected chi connectivity index (χ4v) is 2.84. The first-order valence-electron chi connectivity index (χ1n) is 7.90. The zero-order valence-corrected chi connectivity index (χ0v) is 12.8. The van der Waals surface area contributed by atoms with E-state index in [9.17, 15) is 4.79 Å². The van der Waals surface area contributed by atoms with Crippen molar-refractivity contribution in [2.75, 3.05) is 11.9 Å². The van der Waals surface area contributed by atoms with Crippen LogP contribution in [-0.2, 0) is 11.2 Å². The van der Waals surface area contributed by atoms with Gasteiger partial charge in [0, 0.05) is 5.69 Å². The predicted molar refractivity (Wildman–Crippen MR) is 88.4 cm³/mol. The number of anilines is 1. The summed E-state index contributed by atoms with van der Waals surface area (Å²) >= 11 is 0. The summed E-state index contributed by atoms with van der Waals surface area (Å²) in [6.07, 6.45) is 2.83. The number of para-hydroxylation sites is 2. The van der Waals surface area contributed by atoms with E-state index in [1.165, 1.54) is 0 Å². The zero-order valence-electron chi connectivity index (χ0n) is 12.8. The molecule has 0 spiro atoms. The molecule has 3 rings (SSSR count). The van der Waals surface area contributed by atoms with Gasteiger partial charge in [-0.1, -0.05) is 49.7 Å². The van der Waals surface area contributed by atoms with E-state index >= 15 is 0 Å². The Balaban J connectivity index is 1.80. The highest BCUT2D eigenvalue weighted by molar-refractivity contribution is 6.03. The molecule has 1 atom stereocenters. The molecule has 2 aromatic carbocycles. The average molecular weight is 295 g/mol. The number of hydrogen-bond donors (Lipinski definition) is 1. The molecule has 1 aliphatic heterocycles. The number of ether oxygens (including phenoxy) is 1. The number of carbonyl (C=O) groups is 1. The van der Waals surface area contributed by atoms with E-state index in [0.29, 0.717) is 6.42 Å². The van der Waals surface area contributed by atoms with Crippen molar-refractivity contribution in [1.29, 1.82) is 0 Å². The molecule has 0 aliphatic carbocycles. The highest BCUT2D eigenvalue weighted by Crippen LogP contribution is 2.36. The van der Waals surface area contributed by atoms with E-state index in [1.54, 1.807) is 0 Å². The van der Waals surface area contributed by atoms with Gasteiger partial charge in [-0.3, -0.25) is 4.79 Å². The molecule has 0 saturated heterocycles. The summed E-state index contributed by atoms with van der Waals surface area (Å²) in [6.45, 7) is 2.87. The summed E-state index contributed by atoms with van der Waals surface area (Å²) in [5.41, 5.74) is 3.10. The fraction of sp³-hybridized carbons (Fsp3) is 0.316. The van der Waals surface area contributed by atoms with Gasteiger partial charge in [0.2, 0.25) is 5.91 Å². The summed E-state index contributed by atoms with van der Waals surface area (Å²) in [4.78, 5) is 12.3. The summed E-state index contributed by atoms with van der Waals surface area (Å²) in [5.74, 6) is 0.838. The number of fused-ring (bicyclic) bond motifs is 1. The standard InChI is InChI=1S/C19H21NO2/c1-2-3-12-22-18-11-7-4-8-14(18)13-16-15-9-5-6-10-17(15)20-19(16)21/h4-11,16H,2-3,12-13H2,1H3,(H,20,21)/t16-/m0/s1. The maximum Gasteiger partial charge on any atom is 0.232 e. The van der Waals surface area contributed by atoms with Crippen LogP contribution in [0.3, 0.4) is 0 Å². The van der Waals surface area contributed by atoms with Crippen molar-refractivity contribution in [3.63, 3.8) is 0 Å². The third kappa shape index (κ3) is 2.98. The molecule has 3 nitrogen and oxygen atoms in total. The SMILES string of the molecule is CCCCOc1ccccc1C[C@@H]1C(=O)Nc2ccccc21. The van der Waals surface area contributed by atoms with Crippen LogP contribution in [0.25, 0.3) is 0 Å². The number of hydrogen-bond acceptors (Lipinski definition) is 2. The molecular formula is C19H21NO2. The first kappa shape index (κ1) is 14.6. The first-order valence-corrected chi connectivity index (χ1v) is 7.90. The van der Waals surface area contributed by atoms with Gasteiger partial charge in [0.1, 0.15) is 5.75 Å². The summed E-state index contributed by atoms with van der Waals surface area (Å²) in [5, 5.41) is 2.96.